The van der Waals surface area contributed by atoms with Gasteiger partial charge in [0.1, 0.15) is 0 Å². The molecule has 0 saturated carbocycles. The van der Waals surface area contributed by atoms with Crippen molar-refractivity contribution in [3.8, 4) is 23.5 Å². The standard InChI is InChI=1S/C35H32FN5O5S2/c1-40(2)17-6-8-22-14-15-28(26(36)20-22)45-19-7-13-30-32(46-35(43)44)39-34(48-30)41-18-16-23-9-5-10-24(25(23)21-41)31(42)38-33-37-27-11-3-4-12-29(27)47-33/h3-5,9-12,14-15,20H,7,13,16-19,21H2,1-2H3,(H,43,44)(H,37,38,42). The molecule has 0 bridgehead atoms. The first-order chi connectivity index (χ1) is 23.2. The number of nitrogens with one attached hydrogen (secondary N) is 1. The summed E-state index contributed by atoms with van der Waals surface area (Å²) < 4.78 is 26.3. The number of benzene rings is 3. The SMILES string of the molecule is CN(C)CC#Cc1ccc(OCCCc2sc(N3CCc4cccc(C(=O)Nc5nc6ccccc6s5)c4C3)nc2OC(=O)O)c(F)c1. The van der Waals surface area contributed by atoms with Crippen molar-refractivity contribution in [1.82, 2.24) is 14.9 Å². The van der Waals surface area contributed by atoms with Gasteiger partial charge >= 0.3 is 6.16 Å². The van der Waals surface area contributed by atoms with Crippen molar-refractivity contribution < 1.29 is 28.6 Å². The highest BCUT2D eigenvalue weighted by Gasteiger charge is 2.26. The van der Waals surface area contributed by atoms with Crippen LogP contribution in [0.5, 0.6) is 11.6 Å². The zero-order valence-electron chi connectivity index (χ0n) is 26.3. The number of hydrogen-bond donors (Lipinski definition) is 2. The first-order valence-electron chi connectivity index (χ1n) is 15.2. The summed E-state index contributed by atoms with van der Waals surface area (Å²) in [5.74, 6) is 5.30. The molecule has 0 saturated heterocycles. The number of fused-ring (bicyclic) bond motifs is 2. The van der Waals surface area contributed by atoms with Crippen LogP contribution in [0.3, 0.4) is 0 Å². The maximum atomic E-state index is 14.6. The molecule has 48 heavy (non-hydrogen) atoms. The normalized spacial score (nSPS) is 12.4. The van der Waals surface area contributed by atoms with Gasteiger partial charge < -0.3 is 19.5 Å². The van der Waals surface area contributed by atoms with Crippen molar-refractivity contribution in [2.24, 2.45) is 0 Å². The molecule has 246 valence electrons. The predicted octanol–water partition coefficient (Wildman–Crippen LogP) is 6.69. The number of amides is 1. The van der Waals surface area contributed by atoms with Crippen molar-refractivity contribution in [3.63, 3.8) is 0 Å². The van der Waals surface area contributed by atoms with Gasteiger partial charge in [-0.15, -0.1) is 0 Å². The topological polar surface area (TPSA) is 117 Å². The lowest BCUT2D eigenvalue weighted by Crippen LogP contribution is -2.32. The molecule has 3 aromatic carbocycles. The highest BCUT2D eigenvalue weighted by molar-refractivity contribution is 7.22. The van der Waals surface area contributed by atoms with E-state index < -0.39 is 12.0 Å². The minimum Gasteiger partial charge on any atom is -0.491 e. The second-order valence-electron chi connectivity index (χ2n) is 11.3. The molecule has 2 N–H and O–H groups in total. The molecule has 5 aromatic rings. The average Bonchev–Trinajstić information content (AvgIpc) is 3.66. The number of hydrogen-bond acceptors (Lipinski definition) is 10. The van der Waals surface area contributed by atoms with Crippen LogP contribution < -0.4 is 19.7 Å². The third kappa shape index (κ3) is 7.91. The van der Waals surface area contributed by atoms with E-state index in [-0.39, 0.29) is 24.1 Å². The Hall–Kier alpha value is -5.03. The summed E-state index contributed by atoms with van der Waals surface area (Å²) in [5, 5.41) is 13.4. The third-order valence-electron chi connectivity index (χ3n) is 7.50. The van der Waals surface area contributed by atoms with Crippen molar-refractivity contribution >= 4 is 55.2 Å². The van der Waals surface area contributed by atoms with E-state index in [2.05, 4.69) is 27.1 Å². The Balaban J connectivity index is 1.12. The van der Waals surface area contributed by atoms with E-state index >= 15 is 0 Å². The molecule has 10 nitrogen and oxygen atoms in total. The zero-order valence-corrected chi connectivity index (χ0v) is 27.9. The Morgan fingerprint density at radius 2 is 1.96 bits per heavy atom. The zero-order chi connectivity index (χ0) is 33.6. The predicted molar refractivity (Wildman–Crippen MR) is 185 cm³/mol. The van der Waals surface area contributed by atoms with E-state index in [1.54, 1.807) is 18.2 Å². The second kappa shape index (κ2) is 14.8. The minimum absolute atomic E-state index is 0.0157. The summed E-state index contributed by atoms with van der Waals surface area (Å²) >= 11 is 2.75. The van der Waals surface area contributed by atoms with E-state index in [1.165, 1.54) is 28.7 Å². The third-order valence-corrected chi connectivity index (χ3v) is 9.61. The molecule has 0 radical (unpaired) electrons. The number of nitrogens with zero attached hydrogens (tertiary/aromatic N) is 4. The van der Waals surface area contributed by atoms with Gasteiger partial charge in [0.15, 0.2) is 21.8 Å². The number of thiazole rings is 2. The molecule has 2 aromatic heterocycles. The Morgan fingerprint density at radius 3 is 2.75 bits per heavy atom. The van der Waals surface area contributed by atoms with Gasteiger partial charge in [-0.05, 0) is 80.9 Å². The molecule has 0 atom stereocenters. The van der Waals surface area contributed by atoms with E-state index in [1.807, 2.05) is 60.3 Å². The summed E-state index contributed by atoms with van der Waals surface area (Å²) in [6.45, 7) is 1.82. The van der Waals surface area contributed by atoms with Crippen LogP contribution in [0.4, 0.5) is 19.4 Å². The fourth-order valence-electron chi connectivity index (χ4n) is 5.24. The van der Waals surface area contributed by atoms with Gasteiger partial charge in [0.2, 0.25) is 5.88 Å². The van der Waals surface area contributed by atoms with E-state index in [0.717, 1.165) is 21.3 Å². The largest absolute Gasteiger partial charge is 0.512 e. The molecule has 0 fully saturated rings. The van der Waals surface area contributed by atoms with Gasteiger partial charge in [-0.25, -0.2) is 14.2 Å². The van der Waals surface area contributed by atoms with Crippen LogP contribution in [0, 0.1) is 17.7 Å². The van der Waals surface area contributed by atoms with Gasteiger partial charge in [-0.1, -0.05) is 58.8 Å². The summed E-state index contributed by atoms with van der Waals surface area (Å²) in [4.78, 5) is 38.5. The van der Waals surface area contributed by atoms with Crippen molar-refractivity contribution in [1.29, 1.82) is 0 Å². The number of halogens is 1. The molecule has 6 rings (SSSR count). The van der Waals surface area contributed by atoms with Crippen LogP contribution in [0.2, 0.25) is 0 Å². The lowest BCUT2D eigenvalue weighted by Gasteiger charge is -2.29. The Labute approximate surface area is 284 Å². The fraction of sp³-hybridized carbons (Fsp3) is 0.257. The highest BCUT2D eigenvalue weighted by atomic mass is 32.1. The fourth-order valence-corrected chi connectivity index (χ4v) is 7.15. The van der Waals surface area contributed by atoms with Crippen LogP contribution in [0.15, 0.2) is 60.7 Å². The number of rotatable bonds is 10. The summed E-state index contributed by atoms with van der Waals surface area (Å²) in [5.41, 5.74) is 3.89. The van der Waals surface area contributed by atoms with Crippen LogP contribution >= 0.6 is 22.7 Å². The van der Waals surface area contributed by atoms with Crippen LogP contribution in [-0.4, -0.2) is 65.8 Å². The lowest BCUT2D eigenvalue weighted by atomic mass is 9.94. The van der Waals surface area contributed by atoms with Crippen LogP contribution in [0.1, 0.15) is 38.3 Å². The van der Waals surface area contributed by atoms with Crippen LogP contribution in [-0.2, 0) is 19.4 Å². The van der Waals surface area contributed by atoms with Crippen LogP contribution in [0.25, 0.3) is 10.2 Å². The van der Waals surface area contributed by atoms with E-state index in [9.17, 15) is 19.1 Å². The molecule has 3 heterocycles. The number of carboxylic acid groups (broad SMARTS) is 1. The number of ether oxygens (including phenoxy) is 2. The molecular formula is C35H32FN5O5S2. The number of aromatic nitrogens is 2. The molecular weight excluding hydrogens is 654 g/mol. The Kier molecular flexibility index (Phi) is 10.1. The minimum atomic E-state index is -1.46. The van der Waals surface area contributed by atoms with E-state index in [4.69, 9.17) is 9.47 Å². The van der Waals surface area contributed by atoms with E-state index in [0.29, 0.717) is 65.2 Å². The summed E-state index contributed by atoms with van der Waals surface area (Å²) in [7, 11) is 3.82. The molecule has 13 heteroatoms. The first kappa shape index (κ1) is 32.9. The first-order valence-corrected chi connectivity index (χ1v) is 16.9. The quantitative estimate of drug-likeness (QED) is 0.0943. The molecule has 0 aliphatic carbocycles. The van der Waals surface area contributed by atoms with Gasteiger partial charge in [0, 0.05) is 24.2 Å². The molecule has 1 amide bonds. The van der Waals surface area contributed by atoms with Crippen molar-refractivity contribution in [2.75, 3.05) is 44.0 Å². The lowest BCUT2D eigenvalue weighted by molar-refractivity contribution is 0.102. The smallest absolute Gasteiger partial charge is 0.491 e. The number of aryl methyl sites for hydroxylation is 1. The average molecular weight is 686 g/mol. The summed E-state index contributed by atoms with van der Waals surface area (Å²) in [6.07, 6.45) is 0.107. The molecule has 0 spiro atoms. The number of carbonyl (C=O) groups is 2. The summed E-state index contributed by atoms with van der Waals surface area (Å²) in [6, 6.07) is 18.0. The molecule has 1 aliphatic rings. The molecule has 0 unspecified atom stereocenters. The maximum absolute atomic E-state index is 14.6. The Bertz CT molecular complexity index is 2000. The van der Waals surface area contributed by atoms with Crippen molar-refractivity contribution in [3.05, 3.63) is 93.6 Å². The highest BCUT2D eigenvalue weighted by Crippen LogP contribution is 2.36. The second-order valence-corrected chi connectivity index (χ2v) is 13.4. The monoisotopic (exact) mass is 685 g/mol. The van der Waals surface area contributed by atoms with Gasteiger partial charge in [-0.3, -0.25) is 15.0 Å². The number of anilines is 2. The van der Waals surface area contributed by atoms with Gasteiger partial charge in [0.05, 0.1) is 28.2 Å². The number of para-hydroxylation sites is 1. The molecule has 1 aliphatic heterocycles. The van der Waals surface area contributed by atoms with Gasteiger partial charge in [0.25, 0.3) is 5.91 Å². The number of carbonyl (C=O) groups excluding carboxylic acids is 1. The Morgan fingerprint density at radius 1 is 1.10 bits per heavy atom. The maximum Gasteiger partial charge on any atom is 0.512 e. The van der Waals surface area contributed by atoms with Crippen molar-refractivity contribution in [2.45, 2.75) is 25.8 Å². The van der Waals surface area contributed by atoms with Gasteiger partial charge in [-0.2, -0.15) is 4.98 Å².